The molecule has 0 aromatic heterocycles. The third-order valence-electron chi connectivity index (χ3n) is 1.60. The molecule has 0 saturated carbocycles. The summed E-state index contributed by atoms with van der Waals surface area (Å²) in [5.74, 6) is 0. The number of rotatable bonds is 2. The average molecular weight is 202 g/mol. The van der Waals surface area contributed by atoms with E-state index in [-0.39, 0.29) is 17.1 Å². The predicted molar refractivity (Wildman–Crippen MR) is 48.6 cm³/mol. The molecule has 6 heteroatoms. The van der Waals surface area contributed by atoms with Crippen LogP contribution in [0.3, 0.4) is 0 Å². The zero-order chi connectivity index (χ0) is 10.1. The number of hydrogen-bond acceptors (Lipinski definition) is 4. The van der Waals surface area contributed by atoms with Gasteiger partial charge in [0.1, 0.15) is 4.90 Å². The van der Waals surface area contributed by atoms with Crippen LogP contribution < -0.4 is 11.5 Å². The Kier molecular flexibility index (Phi) is 2.55. The molecule has 0 atom stereocenters. The minimum Gasteiger partial charge on any atom is -0.398 e. The van der Waals surface area contributed by atoms with Crippen LogP contribution in [0.1, 0.15) is 5.56 Å². The lowest BCUT2D eigenvalue weighted by Crippen LogP contribution is -2.09. The zero-order valence-electron chi connectivity index (χ0n) is 6.77. The van der Waals surface area contributed by atoms with Gasteiger partial charge in [-0.3, -0.25) is 4.55 Å². The number of hydrogen-bond donors (Lipinski definition) is 3. The molecule has 0 amide bonds. The van der Waals surface area contributed by atoms with Crippen molar-refractivity contribution in [3.63, 3.8) is 0 Å². The van der Waals surface area contributed by atoms with Gasteiger partial charge >= 0.3 is 0 Å². The summed E-state index contributed by atoms with van der Waals surface area (Å²) in [6.07, 6.45) is 0. The quantitative estimate of drug-likeness (QED) is 0.461. The van der Waals surface area contributed by atoms with Crippen molar-refractivity contribution in [2.24, 2.45) is 5.73 Å². The Morgan fingerprint density at radius 1 is 1.38 bits per heavy atom. The van der Waals surface area contributed by atoms with E-state index in [9.17, 15) is 8.42 Å². The summed E-state index contributed by atoms with van der Waals surface area (Å²) in [6.45, 7) is 0.0141. The second kappa shape index (κ2) is 3.33. The first kappa shape index (κ1) is 9.97. The molecule has 0 aliphatic rings. The second-order valence-corrected chi connectivity index (χ2v) is 3.87. The van der Waals surface area contributed by atoms with Crippen molar-refractivity contribution in [2.45, 2.75) is 11.4 Å². The highest BCUT2D eigenvalue weighted by molar-refractivity contribution is 7.86. The molecule has 13 heavy (non-hydrogen) atoms. The van der Waals surface area contributed by atoms with Gasteiger partial charge < -0.3 is 11.5 Å². The molecule has 0 unspecified atom stereocenters. The van der Waals surface area contributed by atoms with Crippen molar-refractivity contribution in [3.05, 3.63) is 23.8 Å². The molecular weight excluding hydrogens is 192 g/mol. The highest BCUT2D eigenvalue weighted by atomic mass is 32.2. The summed E-state index contributed by atoms with van der Waals surface area (Å²) in [5.41, 5.74) is 11.0. The van der Waals surface area contributed by atoms with Crippen LogP contribution >= 0.6 is 0 Å². The Labute approximate surface area is 76.1 Å². The largest absolute Gasteiger partial charge is 0.398 e. The summed E-state index contributed by atoms with van der Waals surface area (Å²) < 4.78 is 30.5. The number of nitrogen functional groups attached to an aromatic ring is 1. The summed E-state index contributed by atoms with van der Waals surface area (Å²) >= 11 is 0. The van der Waals surface area contributed by atoms with E-state index in [0.29, 0.717) is 5.56 Å². The van der Waals surface area contributed by atoms with E-state index in [1.807, 2.05) is 0 Å². The van der Waals surface area contributed by atoms with Crippen molar-refractivity contribution in [2.75, 3.05) is 5.73 Å². The van der Waals surface area contributed by atoms with Gasteiger partial charge in [0.05, 0.1) is 5.69 Å². The molecule has 1 rings (SSSR count). The minimum absolute atomic E-state index is 0.00505. The van der Waals surface area contributed by atoms with Gasteiger partial charge in [0.15, 0.2) is 0 Å². The van der Waals surface area contributed by atoms with Crippen LogP contribution in [0.5, 0.6) is 0 Å². The maximum Gasteiger partial charge on any atom is 0.296 e. The van der Waals surface area contributed by atoms with Crippen LogP contribution in [0.4, 0.5) is 5.69 Å². The van der Waals surface area contributed by atoms with Crippen LogP contribution in [0.15, 0.2) is 23.1 Å². The van der Waals surface area contributed by atoms with Crippen LogP contribution in [0.25, 0.3) is 0 Å². The molecular formula is C7H10N2O3S. The first-order valence-corrected chi connectivity index (χ1v) is 4.95. The van der Waals surface area contributed by atoms with E-state index in [0.717, 1.165) is 0 Å². The van der Waals surface area contributed by atoms with Crippen LogP contribution in [-0.2, 0) is 16.7 Å². The molecule has 0 fully saturated rings. The Morgan fingerprint density at radius 3 is 2.38 bits per heavy atom. The smallest absolute Gasteiger partial charge is 0.296 e. The van der Waals surface area contributed by atoms with Crippen LogP contribution in [0, 0.1) is 0 Å². The van der Waals surface area contributed by atoms with E-state index in [1.54, 1.807) is 6.07 Å². The summed E-state index contributed by atoms with van der Waals surface area (Å²) in [4.78, 5) is -0.294. The molecule has 0 saturated heterocycles. The standard InChI is InChI=1S/C7H10N2O3S/c8-4-5-2-1-3-6(9)7(5)13(10,11)12/h1-3H,4,8-9H2,(H,10,11,12). The van der Waals surface area contributed by atoms with Gasteiger partial charge in [0.2, 0.25) is 0 Å². The Hall–Kier alpha value is -1.11. The fourth-order valence-electron chi connectivity index (χ4n) is 1.08. The molecule has 1 aromatic rings. The zero-order valence-corrected chi connectivity index (χ0v) is 7.58. The monoisotopic (exact) mass is 202 g/mol. The predicted octanol–water partition coefficient (Wildman–Crippen LogP) is -0.0258. The van der Waals surface area contributed by atoms with Gasteiger partial charge in [-0.25, -0.2) is 0 Å². The minimum atomic E-state index is -4.28. The van der Waals surface area contributed by atoms with E-state index in [1.165, 1.54) is 12.1 Å². The average Bonchev–Trinajstić information content (AvgIpc) is 2.01. The molecule has 0 bridgehead atoms. The molecule has 0 heterocycles. The van der Waals surface area contributed by atoms with E-state index < -0.39 is 10.1 Å². The normalized spacial score (nSPS) is 11.5. The number of anilines is 1. The maximum absolute atomic E-state index is 10.9. The lowest BCUT2D eigenvalue weighted by molar-refractivity contribution is 0.482. The van der Waals surface area contributed by atoms with Gasteiger partial charge in [-0.1, -0.05) is 12.1 Å². The maximum atomic E-state index is 10.9. The Balaban J connectivity index is 3.50. The molecule has 1 aromatic carbocycles. The first-order chi connectivity index (χ1) is 5.96. The second-order valence-electron chi connectivity index (χ2n) is 2.51. The number of nitrogens with two attached hydrogens (primary N) is 2. The molecule has 5 N–H and O–H groups in total. The molecule has 0 aliphatic heterocycles. The third-order valence-corrected chi connectivity index (χ3v) is 2.62. The van der Waals surface area contributed by atoms with Crippen molar-refractivity contribution in [3.8, 4) is 0 Å². The fourth-order valence-corrected chi connectivity index (χ4v) is 1.93. The van der Waals surface area contributed by atoms with Gasteiger partial charge in [-0.15, -0.1) is 0 Å². The van der Waals surface area contributed by atoms with Crippen LogP contribution in [-0.4, -0.2) is 13.0 Å². The van der Waals surface area contributed by atoms with Crippen molar-refractivity contribution in [1.29, 1.82) is 0 Å². The first-order valence-electron chi connectivity index (χ1n) is 3.51. The van der Waals surface area contributed by atoms with Crippen LogP contribution in [0.2, 0.25) is 0 Å². The highest BCUT2D eigenvalue weighted by Gasteiger charge is 2.17. The van der Waals surface area contributed by atoms with Gasteiger partial charge in [-0.05, 0) is 11.6 Å². The molecule has 0 radical (unpaired) electrons. The summed E-state index contributed by atoms with van der Waals surface area (Å²) in [5, 5.41) is 0. The topological polar surface area (TPSA) is 106 Å². The van der Waals surface area contributed by atoms with Gasteiger partial charge in [0, 0.05) is 6.54 Å². The molecule has 72 valence electrons. The van der Waals surface area contributed by atoms with Crippen molar-refractivity contribution in [1.82, 2.24) is 0 Å². The van der Waals surface area contributed by atoms with Gasteiger partial charge in [-0.2, -0.15) is 8.42 Å². The SMILES string of the molecule is NCc1cccc(N)c1S(=O)(=O)O. The summed E-state index contributed by atoms with van der Waals surface area (Å²) in [7, 11) is -4.28. The Bertz CT molecular complexity index is 414. The van der Waals surface area contributed by atoms with Crippen molar-refractivity contribution >= 4 is 15.8 Å². The number of benzene rings is 1. The Morgan fingerprint density at radius 2 is 2.00 bits per heavy atom. The lowest BCUT2D eigenvalue weighted by Gasteiger charge is -2.06. The third kappa shape index (κ3) is 1.97. The summed E-state index contributed by atoms with van der Waals surface area (Å²) in [6, 6.07) is 4.47. The van der Waals surface area contributed by atoms with Crippen molar-refractivity contribution < 1.29 is 13.0 Å². The lowest BCUT2D eigenvalue weighted by atomic mass is 10.2. The van der Waals surface area contributed by atoms with Gasteiger partial charge in [0.25, 0.3) is 10.1 Å². The molecule has 0 aliphatic carbocycles. The molecule has 0 spiro atoms. The van der Waals surface area contributed by atoms with E-state index in [2.05, 4.69) is 0 Å². The van der Waals surface area contributed by atoms with E-state index >= 15 is 0 Å². The van der Waals surface area contributed by atoms with E-state index in [4.69, 9.17) is 16.0 Å². The molecule has 5 nitrogen and oxygen atoms in total. The fraction of sp³-hybridized carbons (Fsp3) is 0.143. The highest BCUT2D eigenvalue weighted by Crippen LogP contribution is 2.21.